The quantitative estimate of drug-likeness (QED) is 0.658. The Morgan fingerprint density at radius 3 is 2.89 bits per heavy atom. The number of nitrogens with two attached hydrogens (primary N) is 1. The number of hydrogen-bond acceptors (Lipinski definition) is 3. The van der Waals surface area contributed by atoms with Crippen molar-refractivity contribution < 1.29 is 8.81 Å². The Balaban J connectivity index is 2.10. The zero-order valence-corrected chi connectivity index (χ0v) is 11.3. The van der Waals surface area contributed by atoms with E-state index in [0.717, 1.165) is 10.2 Å². The van der Waals surface area contributed by atoms with Crippen LogP contribution in [0.1, 0.15) is 23.8 Å². The van der Waals surface area contributed by atoms with Crippen molar-refractivity contribution in [3.05, 3.63) is 58.2 Å². The second-order valence-electron chi connectivity index (χ2n) is 4.00. The molecule has 2 aromatic rings. The zero-order chi connectivity index (χ0) is 13.0. The topological polar surface area (TPSA) is 51.2 Å². The van der Waals surface area contributed by atoms with Crippen molar-refractivity contribution in [2.75, 3.05) is 0 Å². The van der Waals surface area contributed by atoms with E-state index in [0.29, 0.717) is 18.4 Å². The SMILES string of the molecule is NNC(CCc1ccco1)c1cc(Br)ccc1F. The van der Waals surface area contributed by atoms with Gasteiger partial charge in [-0.25, -0.2) is 4.39 Å². The molecule has 1 aromatic heterocycles. The second-order valence-corrected chi connectivity index (χ2v) is 4.92. The van der Waals surface area contributed by atoms with Gasteiger partial charge in [0.15, 0.2) is 0 Å². The van der Waals surface area contributed by atoms with E-state index in [1.165, 1.54) is 6.07 Å². The summed E-state index contributed by atoms with van der Waals surface area (Å²) in [5, 5.41) is 0. The number of furan rings is 1. The first-order valence-corrected chi connectivity index (χ1v) is 6.43. The first-order chi connectivity index (χ1) is 8.70. The van der Waals surface area contributed by atoms with Crippen LogP contribution in [-0.2, 0) is 6.42 Å². The maximum atomic E-state index is 13.7. The molecule has 0 aliphatic rings. The maximum absolute atomic E-state index is 13.7. The summed E-state index contributed by atoms with van der Waals surface area (Å²) in [5.74, 6) is 6.10. The fraction of sp³-hybridized carbons (Fsp3) is 0.231. The minimum atomic E-state index is -0.263. The summed E-state index contributed by atoms with van der Waals surface area (Å²) in [5.41, 5.74) is 3.20. The van der Waals surface area contributed by atoms with Crippen molar-refractivity contribution >= 4 is 15.9 Å². The van der Waals surface area contributed by atoms with E-state index in [2.05, 4.69) is 21.4 Å². The van der Waals surface area contributed by atoms with Crippen LogP contribution in [0.25, 0.3) is 0 Å². The van der Waals surface area contributed by atoms with Crippen LogP contribution in [-0.4, -0.2) is 0 Å². The number of rotatable bonds is 5. The summed E-state index contributed by atoms with van der Waals surface area (Å²) in [6, 6.07) is 8.31. The van der Waals surface area contributed by atoms with Crippen LogP contribution in [0.5, 0.6) is 0 Å². The standard InChI is InChI=1S/C13H14BrFN2O/c14-9-3-5-12(15)11(8-9)13(17-16)6-4-10-2-1-7-18-10/h1-3,5,7-8,13,17H,4,6,16H2. The number of halogens is 2. The third kappa shape index (κ3) is 3.19. The van der Waals surface area contributed by atoms with Gasteiger partial charge in [-0.2, -0.15) is 0 Å². The van der Waals surface area contributed by atoms with Gasteiger partial charge >= 0.3 is 0 Å². The number of nitrogens with one attached hydrogen (secondary N) is 1. The van der Waals surface area contributed by atoms with Gasteiger partial charge in [-0.3, -0.25) is 11.3 Å². The third-order valence-electron chi connectivity index (χ3n) is 2.79. The van der Waals surface area contributed by atoms with Crippen LogP contribution >= 0.6 is 15.9 Å². The van der Waals surface area contributed by atoms with Gasteiger partial charge in [0.05, 0.1) is 6.26 Å². The Morgan fingerprint density at radius 1 is 1.39 bits per heavy atom. The predicted molar refractivity (Wildman–Crippen MR) is 71.2 cm³/mol. The molecule has 2 rings (SSSR count). The molecule has 0 fully saturated rings. The molecule has 0 spiro atoms. The van der Waals surface area contributed by atoms with E-state index in [1.807, 2.05) is 12.1 Å². The fourth-order valence-corrected chi connectivity index (χ4v) is 2.23. The maximum Gasteiger partial charge on any atom is 0.128 e. The average molecular weight is 313 g/mol. The molecule has 1 heterocycles. The molecule has 1 aromatic carbocycles. The van der Waals surface area contributed by atoms with E-state index >= 15 is 0 Å². The average Bonchev–Trinajstić information content (AvgIpc) is 2.87. The van der Waals surface area contributed by atoms with Crippen molar-refractivity contribution in [2.45, 2.75) is 18.9 Å². The van der Waals surface area contributed by atoms with Gasteiger partial charge < -0.3 is 4.42 Å². The Bertz CT molecular complexity index is 502. The molecule has 3 N–H and O–H groups in total. The number of hydrogen-bond donors (Lipinski definition) is 2. The molecule has 0 aliphatic heterocycles. The molecule has 3 nitrogen and oxygen atoms in total. The van der Waals surface area contributed by atoms with Gasteiger partial charge in [-0.1, -0.05) is 15.9 Å². The molecular weight excluding hydrogens is 299 g/mol. The largest absolute Gasteiger partial charge is 0.469 e. The molecule has 18 heavy (non-hydrogen) atoms. The van der Waals surface area contributed by atoms with Gasteiger partial charge in [0.2, 0.25) is 0 Å². The van der Waals surface area contributed by atoms with Crippen molar-refractivity contribution in [1.29, 1.82) is 0 Å². The number of benzene rings is 1. The minimum Gasteiger partial charge on any atom is -0.469 e. The number of aryl methyl sites for hydroxylation is 1. The van der Waals surface area contributed by atoms with Gasteiger partial charge in [-0.15, -0.1) is 0 Å². The van der Waals surface area contributed by atoms with E-state index in [1.54, 1.807) is 18.4 Å². The Labute approximate surface area is 113 Å². The van der Waals surface area contributed by atoms with Gasteiger partial charge in [0.25, 0.3) is 0 Å². The van der Waals surface area contributed by atoms with Crippen molar-refractivity contribution in [3.8, 4) is 0 Å². The molecule has 0 amide bonds. The van der Waals surface area contributed by atoms with Crippen LogP contribution in [0.3, 0.4) is 0 Å². The van der Waals surface area contributed by atoms with Gasteiger partial charge in [0, 0.05) is 22.5 Å². The monoisotopic (exact) mass is 312 g/mol. The summed E-state index contributed by atoms with van der Waals surface area (Å²) in [4.78, 5) is 0. The molecule has 5 heteroatoms. The minimum absolute atomic E-state index is 0.243. The highest BCUT2D eigenvalue weighted by molar-refractivity contribution is 9.10. The van der Waals surface area contributed by atoms with Crippen molar-refractivity contribution in [2.24, 2.45) is 5.84 Å². The summed E-state index contributed by atoms with van der Waals surface area (Å²) in [6.45, 7) is 0. The van der Waals surface area contributed by atoms with Crippen molar-refractivity contribution in [1.82, 2.24) is 5.43 Å². The summed E-state index contributed by atoms with van der Waals surface area (Å²) < 4.78 is 19.8. The summed E-state index contributed by atoms with van der Waals surface area (Å²) in [6.07, 6.45) is 2.99. The predicted octanol–water partition coefficient (Wildman–Crippen LogP) is 3.32. The molecule has 0 bridgehead atoms. The van der Waals surface area contributed by atoms with Crippen molar-refractivity contribution in [3.63, 3.8) is 0 Å². The molecule has 0 saturated heterocycles. The number of hydrazine groups is 1. The Hall–Kier alpha value is -1.17. The zero-order valence-electron chi connectivity index (χ0n) is 9.70. The lowest BCUT2D eigenvalue weighted by atomic mass is 10.0. The van der Waals surface area contributed by atoms with Crippen LogP contribution in [0, 0.1) is 5.82 Å². The lowest BCUT2D eigenvalue weighted by Crippen LogP contribution is -2.29. The molecule has 0 radical (unpaired) electrons. The van der Waals surface area contributed by atoms with E-state index < -0.39 is 0 Å². The van der Waals surface area contributed by atoms with E-state index in [-0.39, 0.29) is 11.9 Å². The lowest BCUT2D eigenvalue weighted by Gasteiger charge is -2.16. The Morgan fingerprint density at radius 2 is 2.22 bits per heavy atom. The highest BCUT2D eigenvalue weighted by atomic mass is 79.9. The highest BCUT2D eigenvalue weighted by Gasteiger charge is 2.15. The van der Waals surface area contributed by atoms with Gasteiger partial charge in [-0.05, 0) is 36.8 Å². The molecule has 0 aliphatic carbocycles. The first-order valence-electron chi connectivity index (χ1n) is 5.64. The fourth-order valence-electron chi connectivity index (χ4n) is 1.85. The van der Waals surface area contributed by atoms with Gasteiger partial charge in [0.1, 0.15) is 11.6 Å². The molecule has 0 saturated carbocycles. The second kappa shape index (κ2) is 6.13. The summed E-state index contributed by atoms with van der Waals surface area (Å²) in [7, 11) is 0. The summed E-state index contributed by atoms with van der Waals surface area (Å²) >= 11 is 3.33. The normalized spacial score (nSPS) is 12.6. The highest BCUT2D eigenvalue weighted by Crippen LogP contribution is 2.24. The molecule has 96 valence electrons. The smallest absolute Gasteiger partial charge is 0.128 e. The van der Waals surface area contributed by atoms with Crippen LogP contribution < -0.4 is 11.3 Å². The Kier molecular flexibility index (Phi) is 4.52. The lowest BCUT2D eigenvalue weighted by molar-refractivity contribution is 0.446. The van der Waals surface area contributed by atoms with Crippen LogP contribution in [0.4, 0.5) is 4.39 Å². The molecule has 1 unspecified atom stereocenters. The third-order valence-corrected chi connectivity index (χ3v) is 3.29. The molecule has 1 atom stereocenters. The molecular formula is C13H14BrFN2O. The van der Waals surface area contributed by atoms with E-state index in [4.69, 9.17) is 10.3 Å². The van der Waals surface area contributed by atoms with E-state index in [9.17, 15) is 4.39 Å². The van der Waals surface area contributed by atoms with Crippen LogP contribution in [0.2, 0.25) is 0 Å². The first kappa shape index (κ1) is 13.3. The van der Waals surface area contributed by atoms with Crippen LogP contribution in [0.15, 0.2) is 45.5 Å².